The first-order valence-corrected chi connectivity index (χ1v) is 13.5. The van der Waals surface area contributed by atoms with Crippen LogP contribution in [0.4, 0.5) is 5.82 Å². The number of fused-ring (bicyclic) bond motifs is 3. The highest BCUT2D eigenvalue weighted by Gasteiger charge is 2.28. The Balaban J connectivity index is 1.35. The van der Waals surface area contributed by atoms with Gasteiger partial charge in [-0.2, -0.15) is 0 Å². The topological polar surface area (TPSA) is 58.6 Å². The Bertz CT molecular complexity index is 1140. The Morgan fingerprint density at radius 1 is 1.06 bits per heavy atom. The fraction of sp³-hybridized carbons (Fsp3) is 0.519. The average Bonchev–Trinajstić information content (AvgIpc) is 3.07. The minimum Gasteiger partial charge on any atom is -0.484 e. The van der Waals surface area contributed by atoms with Crippen LogP contribution >= 0.6 is 11.3 Å². The van der Waals surface area contributed by atoms with Gasteiger partial charge in [-0.25, -0.2) is 9.97 Å². The van der Waals surface area contributed by atoms with Gasteiger partial charge in [0.05, 0.1) is 5.39 Å². The van der Waals surface area contributed by atoms with Gasteiger partial charge in [-0.15, -0.1) is 11.3 Å². The van der Waals surface area contributed by atoms with E-state index in [1.165, 1.54) is 35.1 Å². The van der Waals surface area contributed by atoms with Crippen LogP contribution in [0, 0.1) is 0 Å². The second-order valence-electron chi connectivity index (χ2n) is 9.43. The molecule has 0 saturated carbocycles. The molecule has 0 radical (unpaired) electrons. The molecule has 180 valence electrons. The van der Waals surface area contributed by atoms with Crippen LogP contribution in [0.1, 0.15) is 61.7 Å². The van der Waals surface area contributed by atoms with Crippen LogP contribution in [0.5, 0.6) is 5.75 Å². The van der Waals surface area contributed by atoms with E-state index >= 15 is 0 Å². The van der Waals surface area contributed by atoms with Crippen LogP contribution in [0.15, 0.2) is 30.3 Å². The molecule has 0 spiro atoms. The summed E-state index contributed by atoms with van der Waals surface area (Å²) < 4.78 is 5.68. The number of ether oxygens (including phenoxy) is 1. The molecular weight excluding hydrogens is 444 g/mol. The third-order valence-corrected chi connectivity index (χ3v) is 8.34. The predicted octanol–water partition coefficient (Wildman–Crippen LogP) is 5.20. The molecule has 1 amide bonds. The highest BCUT2D eigenvalue weighted by atomic mass is 32.1. The highest BCUT2D eigenvalue weighted by molar-refractivity contribution is 7.19. The average molecular weight is 479 g/mol. The van der Waals surface area contributed by atoms with Crippen LogP contribution in [0.25, 0.3) is 10.2 Å². The first-order valence-electron chi connectivity index (χ1n) is 12.7. The lowest BCUT2D eigenvalue weighted by Crippen LogP contribution is -2.50. The number of carbonyl (C=O) groups is 1. The number of hydrogen-bond donors (Lipinski definition) is 0. The Labute approximate surface area is 206 Å². The Kier molecular flexibility index (Phi) is 6.99. The van der Waals surface area contributed by atoms with Crippen molar-refractivity contribution in [1.29, 1.82) is 0 Å². The van der Waals surface area contributed by atoms with E-state index in [1.807, 2.05) is 46.6 Å². The second-order valence-corrected chi connectivity index (χ2v) is 10.5. The van der Waals surface area contributed by atoms with Crippen molar-refractivity contribution in [1.82, 2.24) is 14.9 Å². The van der Waals surface area contributed by atoms with Gasteiger partial charge in [-0.3, -0.25) is 4.79 Å². The molecule has 7 heteroatoms. The minimum atomic E-state index is 0.0426. The molecule has 1 fully saturated rings. The van der Waals surface area contributed by atoms with Gasteiger partial charge in [0.15, 0.2) is 6.61 Å². The molecule has 3 aromatic rings. The normalized spacial score (nSPS) is 17.4. The van der Waals surface area contributed by atoms with Crippen molar-refractivity contribution in [2.45, 2.75) is 58.3 Å². The number of hydrogen-bond acceptors (Lipinski definition) is 6. The van der Waals surface area contributed by atoms with Crippen LogP contribution in [-0.2, 0) is 17.6 Å². The number of piperazine rings is 1. The number of carbonyl (C=O) groups excluding carboxylic acids is 1. The predicted molar refractivity (Wildman–Crippen MR) is 138 cm³/mol. The largest absolute Gasteiger partial charge is 0.484 e. The van der Waals surface area contributed by atoms with Gasteiger partial charge >= 0.3 is 0 Å². The standard InChI is InChI=1S/C27H34N4O2S/c1-3-19(2)25-28-26(24-21-12-8-5-9-13-22(21)34-27(24)29-25)31-16-14-30(15-17-31)23(32)18-33-20-10-6-4-7-11-20/h4,6-7,10-11,19H,3,5,8-9,12-18H2,1-2H3/t19-/m1/s1. The monoisotopic (exact) mass is 478 g/mol. The molecule has 2 aromatic heterocycles. The van der Waals surface area contributed by atoms with Crippen molar-refractivity contribution in [3.8, 4) is 5.75 Å². The van der Waals surface area contributed by atoms with Crippen molar-refractivity contribution < 1.29 is 9.53 Å². The maximum atomic E-state index is 12.8. The van der Waals surface area contributed by atoms with E-state index in [1.54, 1.807) is 0 Å². The molecule has 34 heavy (non-hydrogen) atoms. The maximum Gasteiger partial charge on any atom is 0.260 e. The fourth-order valence-corrected chi connectivity index (χ4v) is 6.15. The molecule has 0 unspecified atom stereocenters. The van der Waals surface area contributed by atoms with Crippen LogP contribution in [-0.4, -0.2) is 53.6 Å². The molecule has 2 aliphatic rings. The van der Waals surface area contributed by atoms with E-state index in [-0.39, 0.29) is 12.5 Å². The number of thiophene rings is 1. The molecule has 6 nitrogen and oxygen atoms in total. The fourth-order valence-electron chi connectivity index (χ4n) is 4.88. The molecule has 0 bridgehead atoms. The van der Waals surface area contributed by atoms with E-state index in [9.17, 15) is 4.79 Å². The molecule has 3 heterocycles. The summed E-state index contributed by atoms with van der Waals surface area (Å²) in [5, 5.41) is 1.28. The smallest absolute Gasteiger partial charge is 0.260 e. The van der Waals surface area contributed by atoms with Gasteiger partial charge in [0.1, 0.15) is 22.2 Å². The number of benzene rings is 1. The highest BCUT2D eigenvalue weighted by Crippen LogP contribution is 2.40. The summed E-state index contributed by atoms with van der Waals surface area (Å²) in [6, 6.07) is 9.53. The van der Waals surface area contributed by atoms with Crippen LogP contribution in [0.2, 0.25) is 0 Å². The summed E-state index contributed by atoms with van der Waals surface area (Å²) >= 11 is 1.88. The lowest BCUT2D eigenvalue weighted by atomic mass is 10.1. The summed E-state index contributed by atoms with van der Waals surface area (Å²) in [5.74, 6) is 3.15. The number of rotatable bonds is 6. The number of aryl methyl sites for hydroxylation is 2. The third kappa shape index (κ3) is 4.76. The number of nitrogens with zero attached hydrogens (tertiary/aromatic N) is 4. The van der Waals surface area contributed by atoms with E-state index in [2.05, 4.69) is 18.7 Å². The van der Waals surface area contributed by atoms with Crippen molar-refractivity contribution in [3.63, 3.8) is 0 Å². The summed E-state index contributed by atoms with van der Waals surface area (Å²) in [7, 11) is 0. The number of aromatic nitrogens is 2. The lowest BCUT2D eigenvalue weighted by molar-refractivity contribution is -0.133. The first kappa shape index (κ1) is 23.1. The van der Waals surface area contributed by atoms with Crippen molar-refractivity contribution in [2.24, 2.45) is 0 Å². The molecule has 5 rings (SSSR count). The molecule has 1 aliphatic carbocycles. The second kappa shape index (κ2) is 10.3. The van der Waals surface area contributed by atoms with Gasteiger partial charge in [0.25, 0.3) is 5.91 Å². The number of para-hydroxylation sites is 1. The van der Waals surface area contributed by atoms with Gasteiger partial charge in [-0.05, 0) is 49.8 Å². The molecule has 1 aromatic carbocycles. The molecule has 1 saturated heterocycles. The molecule has 0 N–H and O–H groups in total. The number of amides is 1. The van der Waals surface area contributed by atoms with Gasteiger partial charge < -0.3 is 14.5 Å². The van der Waals surface area contributed by atoms with Crippen LogP contribution < -0.4 is 9.64 Å². The van der Waals surface area contributed by atoms with Crippen LogP contribution in [0.3, 0.4) is 0 Å². The zero-order valence-electron chi connectivity index (χ0n) is 20.3. The summed E-state index contributed by atoms with van der Waals surface area (Å²) in [6.45, 7) is 7.44. The third-order valence-electron chi connectivity index (χ3n) is 7.15. The van der Waals surface area contributed by atoms with Crippen molar-refractivity contribution in [2.75, 3.05) is 37.7 Å². The quantitative estimate of drug-likeness (QED) is 0.456. The summed E-state index contributed by atoms with van der Waals surface area (Å²) in [4.78, 5) is 29.9. The summed E-state index contributed by atoms with van der Waals surface area (Å²) in [5.41, 5.74) is 1.48. The zero-order chi connectivity index (χ0) is 23.5. The van der Waals surface area contributed by atoms with Crippen molar-refractivity contribution >= 4 is 33.3 Å². The van der Waals surface area contributed by atoms with Gasteiger partial charge in [0.2, 0.25) is 0 Å². The van der Waals surface area contributed by atoms with E-state index in [4.69, 9.17) is 14.7 Å². The molecule has 1 aliphatic heterocycles. The zero-order valence-corrected chi connectivity index (χ0v) is 21.1. The van der Waals surface area contributed by atoms with Crippen molar-refractivity contribution in [3.05, 3.63) is 46.6 Å². The van der Waals surface area contributed by atoms with E-state index in [0.717, 1.165) is 54.6 Å². The lowest BCUT2D eigenvalue weighted by Gasteiger charge is -2.36. The SMILES string of the molecule is CC[C@@H](C)c1nc(N2CCN(C(=O)COc3ccccc3)CC2)c2c3c(sc2n1)CCCCC3. The van der Waals surface area contributed by atoms with E-state index < -0.39 is 0 Å². The first-order chi connectivity index (χ1) is 16.6. The Hall–Kier alpha value is -2.67. The minimum absolute atomic E-state index is 0.0426. The maximum absolute atomic E-state index is 12.8. The molecular formula is C27H34N4O2S. The number of anilines is 1. The summed E-state index contributed by atoms with van der Waals surface area (Å²) in [6.07, 6.45) is 7.14. The van der Waals surface area contributed by atoms with Gasteiger partial charge in [-0.1, -0.05) is 38.5 Å². The Morgan fingerprint density at radius 3 is 2.59 bits per heavy atom. The molecule has 1 atom stereocenters. The van der Waals surface area contributed by atoms with Gasteiger partial charge in [0, 0.05) is 37.0 Å². The van der Waals surface area contributed by atoms with E-state index in [0.29, 0.717) is 19.0 Å². The Morgan fingerprint density at radius 2 is 1.82 bits per heavy atom.